The molecule has 154 valence electrons. The van der Waals surface area contributed by atoms with Gasteiger partial charge in [0.2, 0.25) is 0 Å². The van der Waals surface area contributed by atoms with Crippen molar-refractivity contribution >= 4 is 12.0 Å². The number of nitrogens with zero attached hydrogens (tertiary/aromatic N) is 5. The van der Waals surface area contributed by atoms with Crippen molar-refractivity contribution in [1.29, 1.82) is 0 Å². The van der Waals surface area contributed by atoms with Gasteiger partial charge in [0.25, 0.3) is 5.91 Å². The van der Waals surface area contributed by atoms with E-state index in [1.165, 1.54) is 12.1 Å². The van der Waals surface area contributed by atoms with E-state index in [0.29, 0.717) is 45.0 Å². The van der Waals surface area contributed by atoms with Crippen molar-refractivity contribution in [1.82, 2.24) is 24.8 Å². The summed E-state index contributed by atoms with van der Waals surface area (Å²) < 4.78 is 25.7. The Morgan fingerprint density at radius 2 is 1.86 bits per heavy atom. The van der Waals surface area contributed by atoms with Gasteiger partial charge in [0.05, 0.1) is 25.5 Å². The van der Waals surface area contributed by atoms with Gasteiger partial charge in [-0.2, -0.15) is 0 Å². The maximum atomic E-state index is 13.1. The summed E-state index contributed by atoms with van der Waals surface area (Å²) in [7, 11) is 0. The Bertz CT molecular complexity index is 893. The molecule has 0 spiro atoms. The summed E-state index contributed by atoms with van der Waals surface area (Å²) in [4.78, 5) is 27.9. The average Bonchev–Trinajstić information content (AvgIpc) is 3.17. The molecule has 0 radical (unpaired) electrons. The second kappa shape index (κ2) is 8.16. The highest BCUT2D eigenvalue weighted by molar-refractivity contribution is 5.93. The maximum Gasteiger partial charge on any atom is 0.409 e. The number of rotatable bonds is 3. The molecule has 10 heteroatoms. The van der Waals surface area contributed by atoms with Crippen LogP contribution < -0.4 is 0 Å². The molecule has 0 unspecified atom stereocenters. The first-order valence-corrected chi connectivity index (χ1v) is 9.57. The Labute approximate surface area is 167 Å². The molecule has 1 aromatic carbocycles. The van der Waals surface area contributed by atoms with Gasteiger partial charge in [-0.05, 0) is 24.6 Å². The molecule has 2 aliphatic heterocycles. The van der Waals surface area contributed by atoms with E-state index in [4.69, 9.17) is 9.47 Å². The summed E-state index contributed by atoms with van der Waals surface area (Å²) in [6.07, 6.45) is -0.637. The zero-order valence-corrected chi connectivity index (χ0v) is 16.1. The summed E-state index contributed by atoms with van der Waals surface area (Å²) in [6.45, 7) is 4.32. The number of amides is 2. The molecule has 1 atom stereocenters. The van der Waals surface area contributed by atoms with Crippen LogP contribution in [0.15, 0.2) is 24.3 Å². The van der Waals surface area contributed by atoms with Crippen LogP contribution in [-0.4, -0.2) is 69.6 Å². The molecule has 0 N–H and O–H groups in total. The quantitative estimate of drug-likeness (QED) is 0.773. The summed E-state index contributed by atoms with van der Waals surface area (Å²) in [6, 6.07) is 6.13. The van der Waals surface area contributed by atoms with E-state index in [2.05, 4.69) is 10.3 Å². The molecule has 2 aromatic rings. The largest absolute Gasteiger partial charge is 0.450 e. The molecule has 1 fully saturated rings. The van der Waals surface area contributed by atoms with E-state index in [-0.39, 0.29) is 36.2 Å². The topological polar surface area (TPSA) is 89.8 Å². The Morgan fingerprint density at radius 1 is 1.17 bits per heavy atom. The summed E-state index contributed by atoms with van der Waals surface area (Å²) in [5, 5.41) is 8.19. The third-order valence-corrected chi connectivity index (χ3v) is 5.13. The van der Waals surface area contributed by atoms with Gasteiger partial charge in [-0.25, -0.2) is 13.9 Å². The van der Waals surface area contributed by atoms with Crippen molar-refractivity contribution in [3.8, 4) is 0 Å². The standard InChI is InChI=1S/C19H22FN5O4/c1-2-28-19(27)24-9-7-23(8-10-24)18(26)17-15-12-29-16(11-25(15)22-21-17)13-3-5-14(20)6-4-13/h3-6,16H,2,7-12H2,1H3/t16-/m0/s1. The van der Waals surface area contributed by atoms with E-state index < -0.39 is 0 Å². The van der Waals surface area contributed by atoms with Crippen molar-refractivity contribution in [3.05, 3.63) is 47.0 Å². The molecular weight excluding hydrogens is 381 g/mol. The monoisotopic (exact) mass is 403 g/mol. The van der Waals surface area contributed by atoms with Crippen molar-refractivity contribution in [2.24, 2.45) is 0 Å². The highest BCUT2D eigenvalue weighted by Gasteiger charge is 2.32. The first-order valence-electron chi connectivity index (χ1n) is 9.57. The minimum Gasteiger partial charge on any atom is -0.450 e. The molecule has 1 aromatic heterocycles. The Balaban J connectivity index is 1.41. The van der Waals surface area contributed by atoms with E-state index in [0.717, 1.165) is 5.56 Å². The smallest absolute Gasteiger partial charge is 0.409 e. The van der Waals surface area contributed by atoms with E-state index >= 15 is 0 Å². The van der Waals surface area contributed by atoms with Crippen LogP contribution in [0.5, 0.6) is 0 Å². The fourth-order valence-electron chi connectivity index (χ4n) is 3.51. The number of carbonyl (C=O) groups excluding carboxylic acids is 2. The molecule has 3 heterocycles. The van der Waals surface area contributed by atoms with Crippen molar-refractivity contribution in [2.75, 3.05) is 32.8 Å². The number of aromatic nitrogens is 3. The number of carbonyl (C=O) groups is 2. The molecule has 0 aliphatic carbocycles. The number of halogens is 1. The normalized spacial score (nSPS) is 19.0. The first kappa shape index (κ1) is 19.3. The summed E-state index contributed by atoms with van der Waals surface area (Å²) >= 11 is 0. The van der Waals surface area contributed by atoms with Gasteiger partial charge in [0.1, 0.15) is 11.9 Å². The first-order chi connectivity index (χ1) is 14.1. The third kappa shape index (κ3) is 3.93. The lowest BCUT2D eigenvalue weighted by Crippen LogP contribution is -2.51. The summed E-state index contributed by atoms with van der Waals surface area (Å²) in [5.41, 5.74) is 1.74. The van der Waals surface area contributed by atoms with E-state index in [1.807, 2.05) is 0 Å². The zero-order chi connectivity index (χ0) is 20.4. The van der Waals surface area contributed by atoms with Gasteiger partial charge >= 0.3 is 6.09 Å². The number of hydrogen-bond acceptors (Lipinski definition) is 6. The van der Waals surface area contributed by atoms with Crippen molar-refractivity contribution < 1.29 is 23.5 Å². The molecule has 1 saturated heterocycles. The number of hydrogen-bond donors (Lipinski definition) is 0. The van der Waals surface area contributed by atoms with Crippen molar-refractivity contribution in [3.63, 3.8) is 0 Å². The maximum absolute atomic E-state index is 13.1. The molecule has 2 aliphatic rings. The Hall–Kier alpha value is -3.01. The van der Waals surface area contributed by atoms with Gasteiger partial charge < -0.3 is 19.3 Å². The Morgan fingerprint density at radius 3 is 2.55 bits per heavy atom. The second-order valence-electron chi connectivity index (χ2n) is 6.90. The van der Waals surface area contributed by atoms with Gasteiger partial charge in [0, 0.05) is 26.2 Å². The lowest BCUT2D eigenvalue weighted by Gasteiger charge is -2.33. The lowest BCUT2D eigenvalue weighted by atomic mass is 10.1. The third-order valence-electron chi connectivity index (χ3n) is 5.13. The molecular formula is C19H22FN5O4. The SMILES string of the molecule is CCOC(=O)N1CCN(C(=O)c2nnn3c2CO[C@H](c2ccc(F)cc2)C3)CC1. The van der Waals surface area contributed by atoms with Crippen LogP contribution in [0.4, 0.5) is 9.18 Å². The zero-order valence-electron chi connectivity index (χ0n) is 16.1. The van der Waals surface area contributed by atoms with Crippen LogP contribution >= 0.6 is 0 Å². The number of piperazine rings is 1. The molecule has 0 saturated carbocycles. The average molecular weight is 403 g/mol. The van der Waals surface area contributed by atoms with Gasteiger partial charge in [-0.1, -0.05) is 17.3 Å². The number of fused-ring (bicyclic) bond motifs is 1. The molecule has 9 nitrogen and oxygen atoms in total. The van der Waals surface area contributed by atoms with E-state index in [9.17, 15) is 14.0 Å². The van der Waals surface area contributed by atoms with Crippen LogP contribution in [0.1, 0.15) is 34.8 Å². The highest BCUT2D eigenvalue weighted by Crippen LogP contribution is 2.27. The lowest BCUT2D eigenvalue weighted by molar-refractivity contribution is -0.00207. The predicted octanol–water partition coefficient (Wildman–Crippen LogP) is 1.60. The van der Waals surface area contributed by atoms with Crippen LogP contribution in [0.2, 0.25) is 0 Å². The highest BCUT2D eigenvalue weighted by atomic mass is 19.1. The molecule has 0 bridgehead atoms. The van der Waals surface area contributed by atoms with Crippen LogP contribution in [0.25, 0.3) is 0 Å². The van der Waals surface area contributed by atoms with E-state index in [1.54, 1.807) is 33.5 Å². The molecule has 4 rings (SSSR count). The fourth-order valence-corrected chi connectivity index (χ4v) is 3.51. The Kier molecular flexibility index (Phi) is 5.43. The van der Waals surface area contributed by atoms with Gasteiger partial charge in [-0.3, -0.25) is 4.79 Å². The minimum atomic E-state index is -0.360. The van der Waals surface area contributed by atoms with Crippen LogP contribution in [0, 0.1) is 5.82 Å². The minimum absolute atomic E-state index is 0.193. The number of ether oxygens (including phenoxy) is 2. The predicted molar refractivity (Wildman–Crippen MR) is 98.5 cm³/mol. The fraction of sp³-hybridized carbons (Fsp3) is 0.474. The summed E-state index contributed by atoms with van der Waals surface area (Å²) in [5.74, 6) is -0.527. The number of benzene rings is 1. The van der Waals surface area contributed by atoms with Crippen molar-refractivity contribution in [2.45, 2.75) is 26.2 Å². The van der Waals surface area contributed by atoms with Gasteiger partial charge in [0.15, 0.2) is 5.69 Å². The molecule has 2 amide bonds. The van der Waals surface area contributed by atoms with Crippen LogP contribution in [0.3, 0.4) is 0 Å². The molecule has 29 heavy (non-hydrogen) atoms. The second-order valence-corrected chi connectivity index (χ2v) is 6.90. The van der Waals surface area contributed by atoms with Gasteiger partial charge in [-0.15, -0.1) is 5.10 Å². The van der Waals surface area contributed by atoms with Crippen LogP contribution in [-0.2, 0) is 22.6 Å².